The van der Waals surface area contributed by atoms with Crippen LogP contribution in [-0.4, -0.2) is 24.8 Å². The van der Waals surface area contributed by atoms with Gasteiger partial charge >= 0.3 is 0 Å². The normalized spacial score (nSPS) is 12.9. The standard InChI is InChI=1S/C31H24ClN3O5/c1-19-8-17-26(39-2)25(18-19)35-30(37)27(32)28(31(35)38)33-21-11-9-20(10-12-21)29(36)34-22-13-15-24(16-14-22)40-23-6-4-3-5-7-23/h3-18,33H,1-2H3,(H,34,36). The third-order valence-electron chi connectivity index (χ3n) is 6.11. The number of carbonyl (C=O) groups is 3. The third-order valence-corrected chi connectivity index (χ3v) is 6.46. The largest absolute Gasteiger partial charge is 0.495 e. The molecule has 8 nitrogen and oxygen atoms in total. The Bertz CT molecular complexity index is 1620. The van der Waals surface area contributed by atoms with E-state index in [1.807, 2.05) is 43.3 Å². The maximum absolute atomic E-state index is 13.2. The number of para-hydroxylation sites is 1. The molecule has 5 rings (SSSR count). The summed E-state index contributed by atoms with van der Waals surface area (Å²) in [5.74, 6) is 0.148. The van der Waals surface area contributed by atoms with Crippen molar-refractivity contribution in [3.05, 3.63) is 119 Å². The van der Waals surface area contributed by atoms with Crippen molar-refractivity contribution in [1.82, 2.24) is 0 Å². The molecule has 0 bridgehead atoms. The first-order chi connectivity index (χ1) is 19.3. The topological polar surface area (TPSA) is 97.0 Å². The lowest BCUT2D eigenvalue weighted by atomic mass is 10.1. The number of rotatable bonds is 8. The van der Waals surface area contributed by atoms with Crippen molar-refractivity contribution in [2.24, 2.45) is 0 Å². The number of methoxy groups -OCH3 is 1. The summed E-state index contributed by atoms with van der Waals surface area (Å²) in [5.41, 5.74) is 2.57. The van der Waals surface area contributed by atoms with E-state index in [9.17, 15) is 14.4 Å². The van der Waals surface area contributed by atoms with E-state index in [4.69, 9.17) is 21.1 Å². The lowest BCUT2D eigenvalue weighted by Crippen LogP contribution is -2.32. The van der Waals surface area contributed by atoms with E-state index < -0.39 is 11.8 Å². The van der Waals surface area contributed by atoms with Crippen LogP contribution in [0.5, 0.6) is 17.2 Å². The lowest BCUT2D eigenvalue weighted by molar-refractivity contribution is -0.120. The van der Waals surface area contributed by atoms with Gasteiger partial charge in [-0.2, -0.15) is 0 Å². The van der Waals surface area contributed by atoms with Crippen LogP contribution in [0.2, 0.25) is 0 Å². The van der Waals surface area contributed by atoms with Crippen LogP contribution >= 0.6 is 11.6 Å². The molecule has 200 valence electrons. The van der Waals surface area contributed by atoms with Gasteiger partial charge in [0.05, 0.1) is 12.8 Å². The number of benzene rings is 4. The first kappa shape index (κ1) is 26.5. The summed E-state index contributed by atoms with van der Waals surface area (Å²) in [5, 5.41) is 5.51. The van der Waals surface area contributed by atoms with Crippen LogP contribution in [0, 0.1) is 6.92 Å². The fourth-order valence-electron chi connectivity index (χ4n) is 4.09. The number of amides is 3. The monoisotopic (exact) mass is 553 g/mol. The lowest BCUT2D eigenvalue weighted by Gasteiger charge is -2.18. The smallest absolute Gasteiger partial charge is 0.283 e. The molecule has 40 heavy (non-hydrogen) atoms. The minimum absolute atomic E-state index is 0.0646. The van der Waals surface area contributed by atoms with Crippen molar-refractivity contribution < 1.29 is 23.9 Å². The van der Waals surface area contributed by atoms with E-state index in [-0.39, 0.29) is 16.6 Å². The molecule has 1 aliphatic rings. The second-order valence-corrected chi connectivity index (χ2v) is 9.28. The third kappa shape index (κ3) is 5.52. The highest BCUT2D eigenvalue weighted by atomic mass is 35.5. The zero-order valence-electron chi connectivity index (χ0n) is 21.6. The Morgan fingerprint density at radius 1 is 0.800 bits per heavy atom. The summed E-state index contributed by atoms with van der Waals surface area (Å²) >= 11 is 6.27. The van der Waals surface area contributed by atoms with Crippen molar-refractivity contribution in [3.8, 4) is 17.2 Å². The summed E-state index contributed by atoms with van der Waals surface area (Å²) in [6.07, 6.45) is 0. The van der Waals surface area contributed by atoms with Crippen molar-refractivity contribution in [2.45, 2.75) is 6.92 Å². The summed E-state index contributed by atoms with van der Waals surface area (Å²) in [6.45, 7) is 1.84. The summed E-state index contributed by atoms with van der Waals surface area (Å²) < 4.78 is 11.1. The fourth-order valence-corrected chi connectivity index (χ4v) is 4.30. The SMILES string of the molecule is COc1ccc(C)cc1N1C(=O)C(Cl)=C(Nc2ccc(C(=O)Nc3ccc(Oc4ccccc4)cc3)cc2)C1=O. The summed E-state index contributed by atoms with van der Waals surface area (Å²) in [6, 6.07) is 28.0. The van der Waals surface area contributed by atoms with E-state index in [1.165, 1.54) is 7.11 Å². The number of anilines is 3. The number of hydrogen-bond donors (Lipinski definition) is 2. The summed E-state index contributed by atoms with van der Waals surface area (Å²) in [7, 11) is 1.46. The number of nitrogens with zero attached hydrogens (tertiary/aromatic N) is 1. The number of nitrogens with one attached hydrogen (secondary N) is 2. The molecular weight excluding hydrogens is 530 g/mol. The molecule has 0 aromatic heterocycles. The van der Waals surface area contributed by atoms with Crippen molar-refractivity contribution in [3.63, 3.8) is 0 Å². The number of carbonyl (C=O) groups excluding carboxylic acids is 3. The number of imide groups is 1. The molecule has 0 atom stereocenters. The molecule has 1 heterocycles. The second kappa shape index (κ2) is 11.3. The zero-order valence-corrected chi connectivity index (χ0v) is 22.4. The van der Waals surface area contributed by atoms with Gasteiger partial charge < -0.3 is 20.1 Å². The van der Waals surface area contributed by atoms with Gasteiger partial charge in [-0.3, -0.25) is 14.4 Å². The van der Waals surface area contributed by atoms with E-state index >= 15 is 0 Å². The molecule has 3 amide bonds. The Morgan fingerprint density at radius 3 is 2.12 bits per heavy atom. The molecule has 0 spiro atoms. The molecule has 0 unspecified atom stereocenters. The minimum atomic E-state index is -0.658. The fraction of sp³-hybridized carbons (Fsp3) is 0.0645. The van der Waals surface area contributed by atoms with Gasteiger partial charge in [0.25, 0.3) is 17.7 Å². The second-order valence-electron chi connectivity index (χ2n) is 8.91. The Morgan fingerprint density at radius 2 is 1.45 bits per heavy atom. The Labute approximate surface area is 235 Å². The van der Waals surface area contributed by atoms with Crippen molar-refractivity contribution >= 4 is 46.4 Å². The van der Waals surface area contributed by atoms with Crippen LogP contribution in [0.25, 0.3) is 0 Å². The first-order valence-corrected chi connectivity index (χ1v) is 12.7. The molecule has 0 saturated carbocycles. The highest BCUT2D eigenvalue weighted by Gasteiger charge is 2.40. The molecule has 2 N–H and O–H groups in total. The zero-order chi connectivity index (χ0) is 28.2. The van der Waals surface area contributed by atoms with Gasteiger partial charge in [-0.1, -0.05) is 35.9 Å². The average Bonchev–Trinajstić information content (AvgIpc) is 3.17. The van der Waals surface area contributed by atoms with Crippen LogP contribution in [0.15, 0.2) is 108 Å². The Kier molecular flexibility index (Phi) is 7.52. The predicted molar refractivity (Wildman–Crippen MR) is 154 cm³/mol. The molecule has 1 aliphatic heterocycles. The number of aryl methyl sites for hydroxylation is 1. The van der Waals surface area contributed by atoms with Crippen LogP contribution in [0.1, 0.15) is 15.9 Å². The van der Waals surface area contributed by atoms with Gasteiger partial charge in [0.15, 0.2) is 0 Å². The van der Waals surface area contributed by atoms with Gasteiger partial charge in [0.2, 0.25) is 0 Å². The summed E-state index contributed by atoms with van der Waals surface area (Å²) in [4.78, 5) is 39.8. The van der Waals surface area contributed by atoms with E-state index in [1.54, 1.807) is 60.7 Å². The molecule has 9 heteroatoms. The molecule has 0 fully saturated rings. The quantitative estimate of drug-likeness (QED) is 0.242. The maximum Gasteiger partial charge on any atom is 0.283 e. The number of ether oxygens (including phenoxy) is 2. The first-order valence-electron chi connectivity index (χ1n) is 12.3. The molecular formula is C31H24ClN3O5. The van der Waals surface area contributed by atoms with E-state index in [0.29, 0.717) is 34.1 Å². The van der Waals surface area contributed by atoms with Crippen molar-refractivity contribution in [1.29, 1.82) is 0 Å². The van der Waals surface area contributed by atoms with Crippen LogP contribution in [0.3, 0.4) is 0 Å². The van der Waals surface area contributed by atoms with Crippen molar-refractivity contribution in [2.75, 3.05) is 22.6 Å². The van der Waals surface area contributed by atoms with Gasteiger partial charge in [-0.15, -0.1) is 0 Å². The van der Waals surface area contributed by atoms with Gasteiger partial charge in [-0.05, 0) is 85.3 Å². The molecule has 0 saturated heterocycles. The van der Waals surface area contributed by atoms with E-state index in [2.05, 4.69) is 10.6 Å². The van der Waals surface area contributed by atoms with Crippen LogP contribution < -0.4 is 25.0 Å². The highest BCUT2D eigenvalue weighted by Crippen LogP contribution is 2.36. The Balaban J connectivity index is 1.24. The van der Waals surface area contributed by atoms with Gasteiger partial charge in [0.1, 0.15) is 28.0 Å². The number of halogens is 1. The Hall–Kier alpha value is -5.08. The number of hydrogen-bond acceptors (Lipinski definition) is 6. The predicted octanol–water partition coefficient (Wildman–Crippen LogP) is 6.48. The average molecular weight is 554 g/mol. The highest BCUT2D eigenvalue weighted by molar-refractivity contribution is 6.53. The van der Waals surface area contributed by atoms with Gasteiger partial charge in [0, 0.05) is 16.9 Å². The van der Waals surface area contributed by atoms with Gasteiger partial charge in [-0.25, -0.2) is 4.90 Å². The van der Waals surface area contributed by atoms with Crippen LogP contribution in [-0.2, 0) is 9.59 Å². The molecule has 0 radical (unpaired) electrons. The molecule has 0 aliphatic carbocycles. The van der Waals surface area contributed by atoms with Crippen LogP contribution in [0.4, 0.5) is 17.1 Å². The van der Waals surface area contributed by atoms with E-state index in [0.717, 1.165) is 16.2 Å². The maximum atomic E-state index is 13.2. The molecule has 4 aromatic carbocycles. The molecule has 4 aromatic rings. The minimum Gasteiger partial charge on any atom is -0.495 e.